The number of nitrogens with zero attached hydrogens (tertiary/aromatic N) is 1. The van der Waals surface area contributed by atoms with Crippen LogP contribution in [0.4, 0.5) is 0 Å². The van der Waals surface area contributed by atoms with Gasteiger partial charge in [0.1, 0.15) is 0 Å². The highest BCUT2D eigenvalue weighted by Gasteiger charge is 2.34. The van der Waals surface area contributed by atoms with E-state index in [9.17, 15) is 9.90 Å². The molecule has 4 rings (SSSR count). The van der Waals surface area contributed by atoms with Crippen molar-refractivity contribution in [2.75, 3.05) is 0 Å². The minimum Gasteiger partial charge on any atom is -0.391 e. The van der Waals surface area contributed by atoms with Crippen LogP contribution in [0.25, 0.3) is 0 Å². The van der Waals surface area contributed by atoms with E-state index in [-0.39, 0.29) is 11.2 Å². The molecular formula is C32H33NO2S. The van der Waals surface area contributed by atoms with Gasteiger partial charge in [-0.1, -0.05) is 128 Å². The fourth-order valence-electron chi connectivity index (χ4n) is 4.42. The second-order valence-electron chi connectivity index (χ2n) is 9.15. The average Bonchev–Trinajstić information content (AvgIpc) is 2.93. The normalized spacial score (nSPS) is 13.8. The van der Waals surface area contributed by atoms with Crippen LogP contribution in [0.5, 0.6) is 0 Å². The zero-order valence-electron chi connectivity index (χ0n) is 20.6. The van der Waals surface area contributed by atoms with Crippen molar-refractivity contribution in [1.29, 1.82) is 0 Å². The third-order valence-electron chi connectivity index (χ3n) is 6.45. The molecule has 0 heterocycles. The van der Waals surface area contributed by atoms with Crippen LogP contribution in [0.2, 0.25) is 0 Å². The summed E-state index contributed by atoms with van der Waals surface area (Å²) in [4.78, 5) is 16.4. The molecule has 3 atom stereocenters. The van der Waals surface area contributed by atoms with Crippen LogP contribution in [0.3, 0.4) is 0 Å². The van der Waals surface area contributed by atoms with E-state index in [1.807, 2.05) is 91.9 Å². The van der Waals surface area contributed by atoms with Gasteiger partial charge in [-0.25, -0.2) is 0 Å². The molecule has 0 fully saturated rings. The lowest BCUT2D eigenvalue weighted by molar-refractivity contribution is -0.119. The maximum Gasteiger partial charge on any atom is 0.199 e. The first kappa shape index (κ1) is 25.9. The molecule has 0 saturated heterocycles. The summed E-state index contributed by atoms with van der Waals surface area (Å²) in [6.07, 6.45) is -0.184. The molecule has 1 N–H and O–H groups in total. The Balaban J connectivity index is 1.63. The number of aliphatic hydroxyl groups excluding tert-OH is 1. The van der Waals surface area contributed by atoms with Gasteiger partial charge in [0, 0.05) is 24.0 Å². The van der Waals surface area contributed by atoms with E-state index >= 15 is 0 Å². The maximum atomic E-state index is 13.2. The summed E-state index contributed by atoms with van der Waals surface area (Å²) >= 11 is 1.21. The van der Waals surface area contributed by atoms with E-state index in [4.69, 9.17) is 0 Å². The summed E-state index contributed by atoms with van der Waals surface area (Å²) < 4.78 is 0. The van der Waals surface area contributed by atoms with Gasteiger partial charge in [0.05, 0.1) is 12.0 Å². The second kappa shape index (κ2) is 13.2. The first-order valence-corrected chi connectivity index (χ1v) is 13.2. The highest BCUT2D eigenvalue weighted by molar-refractivity contribution is 8.13. The van der Waals surface area contributed by atoms with Crippen LogP contribution < -0.4 is 0 Å². The number of aliphatic hydroxyl groups is 1. The largest absolute Gasteiger partial charge is 0.391 e. The molecule has 0 unspecified atom stereocenters. The van der Waals surface area contributed by atoms with Crippen LogP contribution in [0, 0.1) is 5.92 Å². The predicted octanol–water partition coefficient (Wildman–Crippen LogP) is 6.62. The molecule has 0 saturated carbocycles. The third kappa shape index (κ3) is 7.41. The molecule has 0 spiro atoms. The van der Waals surface area contributed by atoms with E-state index < -0.39 is 12.0 Å². The van der Waals surface area contributed by atoms with Crippen molar-refractivity contribution in [3.8, 4) is 0 Å². The predicted molar refractivity (Wildman–Crippen MR) is 149 cm³/mol. The van der Waals surface area contributed by atoms with E-state index in [2.05, 4.69) is 41.3 Å². The number of rotatable bonds is 11. The van der Waals surface area contributed by atoms with Gasteiger partial charge in [-0.05, 0) is 35.2 Å². The zero-order valence-corrected chi connectivity index (χ0v) is 21.4. The summed E-state index contributed by atoms with van der Waals surface area (Å²) in [5.41, 5.74) is 3.50. The number of thioether (sulfide) groups is 1. The Labute approximate surface area is 218 Å². The van der Waals surface area contributed by atoms with E-state index in [0.29, 0.717) is 19.5 Å². The lowest BCUT2D eigenvalue weighted by Crippen LogP contribution is -2.48. The van der Waals surface area contributed by atoms with Crippen LogP contribution in [0.1, 0.15) is 23.6 Å². The molecule has 36 heavy (non-hydrogen) atoms. The van der Waals surface area contributed by atoms with E-state index in [1.54, 1.807) is 0 Å². The van der Waals surface area contributed by atoms with Crippen molar-refractivity contribution in [1.82, 2.24) is 4.90 Å². The highest BCUT2D eigenvalue weighted by atomic mass is 32.2. The molecule has 4 aromatic carbocycles. The van der Waals surface area contributed by atoms with Crippen molar-refractivity contribution in [3.63, 3.8) is 0 Å². The van der Waals surface area contributed by atoms with Gasteiger partial charge in [0.25, 0.3) is 0 Å². The molecule has 184 valence electrons. The summed E-state index contributed by atoms with van der Waals surface area (Å²) in [6, 6.07) is 40.3. The van der Waals surface area contributed by atoms with Crippen LogP contribution in [-0.4, -0.2) is 27.3 Å². The van der Waals surface area contributed by atoms with Gasteiger partial charge in [0.15, 0.2) is 5.12 Å². The monoisotopic (exact) mass is 495 g/mol. The molecule has 0 aliphatic heterocycles. The second-order valence-corrected chi connectivity index (χ2v) is 10.2. The van der Waals surface area contributed by atoms with E-state index in [1.165, 1.54) is 22.9 Å². The summed E-state index contributed by atoms with van der Waals surface area (Å²) in [5, 5.41) is 11.7. The van der Waals surface area contributed by atoms with Crippen molar-refractivity contribution in [2.24, 2.45) is 5.92 Å². The topological polar surface area (TPSA) is 40.5 Å². The van der Waals surface area contributed by atoms with Crippen molar-refractivity contribution < 1.29 is 9.90 Å². The molecule has 4 heteroatoms. The SMILES string of the molecule is C[C@H](C(=O)Sc1ccccc1)[C@H](O)[C@H](Cc1ccccc1)N(Cc1ccccc1)Cc1ccccc1. The van der Waals surface area contributed by atoms with Crippen molar-refractivity contribution in [2.45, 2.75) is 43.5 Å². The van der Waals surface area contributed by atoms with Gasteiger partial charge in [-0.15, -0.1) is 0 Å². The average molecular weight is 496 g/mol. The first-order chi connectivity index (χ1) is 17.6. The molecule has 0 bridgehead atoms. The Hall–Kier alpha value is -3.18. The number of benzene rings is 4. The molecule has 4 aromatic rings. The third-order valence-corrected chi connectivity index (χ3v) is 7.53. The molecule has 0 amide bonds. The molecule has 3 nitrogen and oxygen atoms in total. The van der Waals surface area contributed by atoms with Gasteiger partial charge < -0.3 is 5.11 Å². The minimum atomic E-state index is -0.832. The molecule has 0 aliphatic carbocycles. The summed E-state index contributed by atoms with van der Waals surface area (Å²) in [5.74, 6) is -0.530. The molecular weight excluding hydrogens is 462 g/mol. The standard InChI is InChI=1S/C32H33NO2S/c1-25(32(35)36-29-20-12-5-13-21-29)31(34)30(22-26-14-6-2-7-15-26)33(23-27-16-8-3-9-17-27)24-28-18-10-4-11-19-28/h2-21,25,30-31,34H,22-24H2,1H3/t25-,30-,31-/m0/s1. The lowest BCUT2D eigenvalue weighted by Gasteiger charge is -2.37. The van der Waals surface area contributed by atoms with Crippen LogP contribution in [0.15, 0.2) is 126 Å². The van der Waals surface area contributed by atoms with Crippen LogP contribution >= 0.6 is 11.8 Å². The first-order valence-electron chi connectivity index (χ1n) is 12.4. The Bertz CT molecular complexity index is 1140. The molecule has 0 aliphatic rings. The van der Waals surface area contributed by atoms with Gasteiger partial charge in [-0.2, -0.15) is 0 Å². The maximum absolute atomic E-state index is 13.2. The number of carbonyl (C=O) groups is 1. The Morgan fingerprint density at radius 3 is 1.58 bits per heavy atom. The van der Waals surface area contributed by atoms with E-state index in [0.717, 1.165) is 10.5 Å². The van der Waals surface area contributed by atoms with Crippen molar-refractivity contribution in [3.05, 3.63) is 138 Å². The summed E-state index contributed by atoms with van der Waals surface area (Å²) in [6.45, 7) is 3.21. The quantitative estimate of drug-likeness (QED) is 0.238. The van der Waals surface area contributed by atoms with Gasteiger partial charge in [-0.3, -0.25) is 9.69 Å². The highest BCUT2D eigenvalue weighted by Crippen LogP contribution is 2.28. The Morgan fingerprint density at radius 2 is 1.11 bits per heavy atom. The smallest absolute Gasteiger partial charge is 0.199 e. The zero-order chi connectivity index (χ0) is 25.2. The number of hydrogen-bond acceptors (Lipinski definition) is 4. The van der Waals surface area contributed by atoms with Gasteiger partial charge >= 0.3 is 0 Å². The summed E-state index contributed by atoms with van der Waals surface area (Å²) in [7, 11) is 0. The number of hydrogen-bond donors (Lipinski definition) is 1. The van der Waals surface area contributed by atoms with Crippen molar-refractivity contribution >= 4 is 16.9 Å². The fourth-order valence-corrected chi connectivity index (χ4v) is 5.27. The minimum absolute atomic E-state index is 0.0221. The van der Waals surface area contributed by atoms with Gasteiger partial charge in [0.2, 0.25) is 0 Å². The van der Waals surface area contributed by atoms with Crippen LogP contribution in [-0.2, 0) is 24.3 Å². The molecule has 0 radical (unpaired) electrons. The Kier molecular flexibility index (Phi) is 9.51. The lowest BCUT2D eigenvalue weighted by atomic mass is 9.91. The molecule has 0 aromatic heterocycles. The Morgan fingerprint density at radius 1 is 0.694 bits per heavy atom. The fraction of sp³-hybridized carbons (Fsp3) is 0.219. The number of carbonyl (C=O) groups excluding carboxylic acids is 1.